The van der Waals surface area contributed by atoms with Crippen LogP contribution in [0.4, 0.5) is 16.2 Å². The average Bonchev–Trinajstić information content (AvgIpc) is 2.79. The van der Waals surface area contributed by atoms with E-state index in [1.54, 1.807) is 0 Å². The third-order valence-electron chi connectivity index (χ3n) is 5.03. The minimum Gasteiger partial charge on any atom is -0.465 e. The van der Waals surface area contributed by atoms with Crippen molar-refractivity contribution in [2.24, 2.45) is 0 Å². The molecule has 1 aromatic rings. The normalized spacial score (nSPS) is 19.0. The number of amides is 4. The molecule has 3 N–H and O–H groups in total. The van der Waals surface area contributed by atoms with E-state index in [1.807, 2.05) is 6.07 Å². The first-order valence-corrected chi connectivity index (χ1v) is 11.4. The fraction of sp³-hybridized carbons (Fsp3) is 0.421. The fourth-order valence-electron chi connectivity index (χ4n) is 3.17. The number of nitrogens with zero attached hydrogens (tertiary/aromatic N) is 3. The van der Waals surface area contributed by atoms with Crippen LogP contribution >= 0.6 is 0 Å². The van der Waals surface area contributed by atoms with Crippen LogP contribution in [0.3, 0.4) is 0 Å². The second-order valence-corrected chi connectivity index (χ2v) is 9.60. The highest BCUT2D eigenvalue weighted by Crippen LogP contribution is 2.33. The SMILES string of the molecule is C[C@@H](C(=O)N[C@@H]1C(=O)Nc2cc(C#N)ccc2N(C(=O)CS(C)(=O)=O)[C@H]1C)N(C)C(=O)O. The van der Waals surface area contributed by atoms with Gasteiger partial charge in [0.25, 0.3) is 0 Å². The molecule has 0 radical (unpaired) electrons. The second kappa shape index (κ2) is 9.23. The Morgan fingerprint density at radius 2 is 2.00 bits per heavy atom. The number of benzene rings is 1. The topological polar surface area (TPSA) is 177 Å². The number of likely N-dealkylation sites (N-methyl/N-ethyl adjacent to an activating group) is 1. The molecule has 0 aromatic heterocycles. The molecular weight excluding hydrogens is 442 g/mol. The quantitative estimate of drug-likeness (QED) is 0.533. The van der Waals surface area contributed by atoms with Gasteiger partial charge in [-0.1, -0.05) is 0 Å². The van der Waals surface area contributed by atoms with E-state index in [1.165, 1.54) is 39.1 Å². The number of carbonyl (C=O) groups is 4. The molecule has 13 heteroatoms. The van der Waals surface area contributed by atoms with Gasteiger partial charge in [-0.2, -0.15) is 5.26 Å². The number of fused-ring (bicyclic) bond motifs is 1. The van der Waals surface area contributed by atoms with E-state index in [-0.39, 0.29) is 16.9 Å². The zero-order valence-corrected chi connectivity index (χ0v) is 18.6. The molecule has 172 valence electrons. The van der Waals surface area contributed by atoms with Crippen LogP contribution in [0.25, 0.3) is 0 Å². The molecule has 1 aliphatic heterocycles. The number of nitriles is 1. The zero-order valence-electron chi connectivity index (χ0n) is 17.8. The van der Waals surface area contributed by atoms with Crippen molar-refractivity contribution in [2.75, 3.05) is 29.3 Å². The van der Waals surface area contributed by atoms with Crippen molar-refractivity contribution in [1.29, 1.82) is 5.26 Å². The standard InChI is InChI=1S/C19H23N5O7S/c1-10-16(22-17(26)11(2)23(3)19(28)29)18(27)21-13-7-12(8-20)5-6-14(13)24(10)15(25)9-32(4,30)31/h5-7,10-11,16H,9H2,1-4H3,(H,21,27)(H,22,26)(H,28,29)/t10-,11-,16-/m0/s1. The van der Waals surface area contributed by atoms with E-state index >= 15 is 0 Å². The van der Waals surface area contributed by atoms with E-state index in [9.17, 15) is 27.6 Å². The summed E-state index contributed by atoms with van der Waals surface area (Å²) >= 11 is 0. The fourth-order valence-corrected chi connectivity index (χ4v) is 3.76. The molecule has 0 bridgehead atoms. The zero-order chi connectivity index (χ0) is 24.4. The van der Waals surface area contributed by atoms with Gasteiger partial charge in [-0.3, -0.25) is 19.3 Å². The number of anilines is 2. The van der Waals surface area contributed by atoms with Crippen LogP contribution < -0.4 is 15.5 Å². The van der Waals surface area contributed by atoms with E-state index in [0.717, 1.165) is 16.1 Å². The first-order valence-electron chi connectivity index (χ1n) is 9.37. The lowest BCUT2D eigenvalue weighted by atomic mass is 10.1. The van der Waals surface area contributed by atoms with Crippen LogP contribution in [0, 0.1) is 11.3 Å². The van der Waals surface area contributed by atoms with E-state index in [0.29, 0.717) is 0 Å². The number of carbonyl (C=O) groups excluding carboxylic acids is 3. The number of nitrogens with one attached hydrogen (secondary N) is 2. The third-order valence-corrected chi connectivity index (χ3v) is 5.80. The summed E-state index contributed by atoms with van der Waals surface area (Å²) < 4.78 is 23.5. The second-order valence-electron chi connectivity index (χ2n) is 7.46. The summed E-state index contributed by atoms with van der Waals surface area (Å²) in [5.41, 5.74) is 0.438. The lowest BCUT2D eigenvalue weighted by Crippen LogP contribution is -2.59. The van der Waals surface area contributed by atoms with Crippen LogP contribution in [0.1, 0.15) is 19.4 Å². The number of carboxylic acid groups (broad SMARTS) is 1. The van der Waals surface area contributed by atoms with Gasteiger partial charge in [0.15, 0.2) is 9.84 Å². The Balaban J connectivity index is 2.50. The summed E-state index contributed by atoms with van der Waals surface area (Å²) in [7, 11) is -2.53. The van der Waals surface area contributed by atoms with Gasteiger partial charge in [0.2, 0.25) is 17.7 Å². The molecule has 0 unspecified atom stereocenters. The monoisotopic (exact) mass is 465 g/mol. The Hall–Kier alpha value is -3.66. The van der Waals surface area contributed by atoms with Crippen molar-refractivity contribution in [3.05, 3.63) is 23.8 Å². The van der Waals surface area contributed by atoms with E-state index < -0.39 is 57.5 Å². The molecule has 0 fully saturated rings. The molecule has 0 saturated carbocycles. The van der Waals surface area contributed by atoms with Crippen molar-refractivity contribution in [1.82, 2.24) is 10.2 Å². The Kier molecular flexibility index (Phi) is 7.10. The highest BCUT2D eigenvalue weighted by Gasteiger charge is 2.40. The lowest BCUT2D eigenvalue weighted by molar-refractivity contribution is -0.129. The maximum absolute atomic E-state index is 12.9. The van der Waals surface area contributed by atoms with Gasteiger partial charge in [0.05, 0.1) is 29.0 Å². The van der Waals surface area contributed by atoms with Crippen LogP contribution in [0.2, 0.25) is 0 Å². The Bertz CT molecular complexity index is 1110. The molecule has 4 amide bonds. The predicted molar refractivity (Wildman–Crippen MR) is 114 cm³/mol. The molecule has 0 spiro atoms. The summed E-state index contributed by atoms with van der Waals surface area (Å²) in [6.45, 7) is 2.77. The number of hydrogen-bond acceptors (Lipinski definition) is 7. The molecule has 0 aliphatic carbocycles. The van der Waals surface area contributed by atoms with E-state index in [4.69, 9.17) is 10.4 Å². The van der Waals surface area contributed by atoms with Crippen molar-refractivity contribution >= 4 is 45.0 Å². The smallest absolute Gasteiger partial charge is 0.407 e. The van der Waals surface area contributed by atoms with Gasteiger partial charge in [-0.25, -0.2) is 13.2 Å². The Morgan fingerprint density at radius 1 is 1.38 bits per heavy atom. The number of hydrogen-bond donors (Lipinski definition) is 3. The summed E-state index contributed by atoms with van der Waals surface area (Å²) in [4.78, 5) is 51.4. The average molecular weight is 465 g/mol. The number of rotatable bonds is 5. The van der Waals surface area contributed by atoms with Crippen molar-refractivity contribution in [3.63, 3.8) is 0 Å². The molecule has 3 atom stereocenters. The third kappa shape index (κ3) is 5.33. The minimum absolute atomic E-state index is 0.0928. The predicted octanol–water partition coefficient (Wildman–Crippen LogP) is -0.240. The van der Waals surface area contributed by atoms with Crippen molar-refractivity contribution < 1.29 is 32.7 Å². The summed E-state index contributed by atoms with van der Waals surface area (Å²) in [6.07, 6.45) is -0.466. The molecule has 2 rings (SSSR count). The summed E-state index contributed by atoms with van der Waals surface area (Å²) in [5, 5.41) is 23.2. The summed E-state index contributed by atoms with van der Waals surface area (Å²) in [5.74, 6) is -3.19. The van der Waals surface area contributed by atoms with Crippen LogP contribution in [0.5, 0.6) is 0 Å². The van der Waals surface area contributed by atoms with E-state index in [2.05, 4.69) is 10.6 Å². The highest BCUT2D eigenvalue weighted by atomic mass is 32.2. The van der Waals surface area contributed by atoms with Crippen LogP contribution in [-0.2, 0) is 24.2 Å². The summed E-state index contributed by atoms with van der Waals surface area (Å²) in [6, 6.07) is 2.51. The molecule has 1 aliphatic rings. The lowest BCUT2D eigenvalue weighted by Gasteiger charge is -2.33. The van der Waals surface area contributed by atoms with Crippen LogP contribution in [-0.4, -0.2) is 79.4 Å². The van der Waals surface area contributed by atoms with Gasteiger partial charge in [-0.05, 0) is 32.0 Å². The maximum atomic E-state index is 12.9. The molecule has 1 heterocycles. The van der Waals surface area contributed by atoms with Gasteiger partial charge in [0.1, 0.15) is 17.8 Å². The molecule has 0 saturated heterocycles. The first kappa shape index (κ1) is 24.6. The van der Waals surface area contributed by atoms with Crippen molar-refractivity contribution in [3.8, 4) is 6.07 Å². The molecule has 32 heavy (non-hydrogen) atoms. The van der Waals surface area contributed by atoms with Gasteiger partial charge in [-0.15, -0.1) is 0 Å². The number of sulfone groups is 1. The largest absolute Gasteiger partial charge is 0.465 e. The van der Waals surface area contributed by atoms with Crippen LogP contribution in [0.15, 0.2) is 18.2 Å². The first-order chi connectivity index (χ1) is 14.8. The van der Waals surface area contributed by atoms with Gasteiger partial charge >= 0.3 is 6.09 Å². The Morgan fingerprint density at radius 3 is 2.53 bits per heavy atom. The van der Waals surface area contributed by atoms with Crippen molar-refractivity contribution in [2.45, 2.75) is 32.0 Å². The highest BCUT2D eigenvalue weighted by molar-refractivity contribution is 7.91. The Labute approximate surface area is 184 Å². The minimum atomic E-state index is -3.72. The molecule has 1 aromatic carbocycles. The maximum Gasteiger partial charge on any atom is 0.407 e. The molecule has 12 nitrogen and oxygen atoms in total. The van der Waals surface area contributed by atoms with Gasteiger partial charge < -0.3 is 20.6 Å². The molecular formula is C19H23N5O7S. The van der Waals surface area contributed by atoms with Gasteiger partial charge in [0, 0.05) is 13.3 Å².